The van der Waals surface area contributed by atoms with Gasteiger partial charge < -0.3 is 38.5 Å². The van der Waals surface area contributed by atoms with E-state index in [0.29, 0.717) is 64.8 Å². The summed E-state index contributed by atoms with van der Waals surface area (Å²) in [5.41, 5.74) is 31.1. The van der Waals surface area contributed by atoms with Gasteiger partial charge in [-0.25, -0.2) is 0 Å². The molecule has 0 bridgehead atoms. The van der Waals surface area contributed by atoms with E-state index in [4.69, 9.17) is 28.5 Å². The Morgan fingerprint density at radius 2 is 1.31 bits per heavy atom. The van der Waals surface area contributed by atoms with Crippen LogP contribution in [0.2, 0.25) is 0 Å². The van der Waals surface area contributed by atoms with Gasteiger partial charge in [0.15, 0.2) is 0 Å². The fourth-order valence-electron chi connectivity index (χ4n) is 3.37. The van der Waals surface area contributed by atoms with Crippen LogP contribution in [0.4, 0.5) is 0 Å². The molecular weight excluding hydrogens is 452 g/mol. The lowest BCUT2D eigenvalue weighted by atomic mass is 10.1. The number of nitrogens with one attached hydrogen (secondary N) is 2. The maximum atomic E-state index is 12.7. The molecular formula is C22H46N10O3. The maximum absolute atomic E-state index is 12.7. The molecule has 2 unspecified atom stereocenters. The molecule has 0 fully saturated rings. The van der Waals surface area contributed by atoms with Crippen molar-refractivity contribution in [3.8, 4) is 0 Å². The molecule has 3 amide bonds. The van der Waals surface area contributed by atoms with Crippen molar-refractivity contribution in [2.45, 2.75) is 76.3 Å². The summed E-state index contributed by atoms with van der Waals surface area (Å²) in [7, 11) is 0. The van der Waals surface area contributed by atoms with Gasteiger partial charge in [-0.05, 0) is 57.1 Å². The smallest absolute Gasteiger partial charge is 0.236 e. The second-order valence-electron chi connectivity index (χ2n) is 8.51. The molecule has 13 heteroatoms. The molecule has 0 aromatic heterocycles. The van der Waals surface area contributed by atoms with Gasteiger partial charge in [0, 0.05) is 44.1 Å². The first-order chi connectivity index (χ1) is 16.9. The summed E-state index contributed by atoms with van der Waals surface area (Å²) in [5, 5.41) is 9.04. The van der Waals surface area contributed by atoms with Crippen LogP contribution in [0.15, 0.2) is 5.11 Å². The van der Waals surface area contributed by atoms with Crippen LogP contribution < -0.4 is 33.6 Å². The summed E-state index contributed by atoms with van der Waals surface area (Å²) < 4.78 is 0. The van der Waals surface area contributed by atoms with E-state index in [1.54, 1.807) is 4.90 Å². The summed E-state index contributed by atoms with van der Waals surface area (Å²) in [6.07, 6.45) is 6.77. The molecule has 2 atom stereocenters. The van der Waals surface area contributed by atoms with Crippen LogP contribution in [0.25, 0.3) is 10.4 Å². The van der Waals surface area contributed by atoms with Crippen LogP contribution in [-0.2, 0) is 14.4 Å². The Bertz CT molecular complexity index is 609. The second-order valence-corrected chi connectivity index (χ2v) is 8.51. The molecule has 0 aliphatic rings. The topological polar surface area (TPSA) is 231 Å². The van der Waals surface area contributed by atoms with Crippen LogP contribution in [-0.4, -0.2) is 80.5 Å². The number of carbonyl (C=O) groups excluding carboxylic acids is 3. The molecule has 35 heavy (non-hydrogen) atoms. The van der Waals surface area contributed by atoms with E-state index in [2.05, 4.69) is 20.7 Å². The number of amides is 3. The first-order valence-corrected chi connectivity index (χ1v) is 12.6. The zero-order chi connectivity index (χ0) is 26.3. The minimum atomic E-state index is -0.609. The molecule has 0 aromatic carbocycles. The van der Waals surface area contributed by atoms with Crippen molar-refractivity contribution < 1.29 is 14.4 Å². The Morgan fingerprint density at radius 3 is 1.77 bits per heavy atom. The summed E-state index contributed by atoms with van der Waals surface area (Å²) in [6, 6.07) is -1.22. The van der Waals surface area contributed by atoms with Crippen LogP contribution in [0.3, 0.4) is 0 Å². The highest BCUT2D eigenvalue weighted by Crippen LogP contribution is 2.05. The average molecular weight is 499 g/mol. The number of hydrogen-bond donors (Lipinski definition) is 6. The van der Waals surface area contributed by atoms with Crippen LogP contribution >= 0.6 is 0 Å². The Labute approximate surface area is 208 Å². The molecule has 10 N–H and O–H groups in total. The van der Waals surface area contributed by atoms with Gasteiger partial charge in [0.05, 0.1) is 12.1 Å². The summed E-state index contributed by atoms with van der Waals surface area (Å²) in [5.74, 6) is -0.592. The van der Waals surface area contributed by atoms with E-state index in [0.717, 1.165) is 32.1 Å². The number of rotatable bonds is 22. The SMILES string of the molecule is [N-]=[N+]=NCCCCCC(=O)N(CCNC(=O)C(N)CCCCN)CCNC(=O)C(N)CCCCN. The third-order valence-electron chi connectivity index (χ3n) is 5.54. The average Bonchev–Trinajstić information content (AvgIpc) is 2.84. The van der Waals surface area contributed by atoms with Crippen molar-refractivity contribution in [1.29, 1.82) is 0 Å². The first-order valence-electron chi connectivity index (χ1n) is 12.6. The number of carbonyl (C=O) groups is 3. The van der Waals surface area contributed by atoms with Gasteiger partial charge in [0.1, 0.15) is 0 Å². The second kappa shape index (κ2) is 22.1. The van der Waals surface area contributed by atoms with Crippen molar-refractivity contribution in [1.82, 2.24) is 15.5 Å². The van der Waals surface area contributed by atoms with Crippen molar-refractivity contribution in [2.24, 2.45) is 28.0 Å². The quantitative estimate of drug-likeness (QED) is 0.0510. The van der Waals surface area contributed by atoms with E-state index in [-0.39, 0.29) is 30.8 Å². The van der Waals surface area contributed by atoms with E-state index < -0.39 is 12.1 Å². The number of hydrogen-bond acceptors (Lipinski definition) is 8. The van der Waals surface area contributed by atoms with E-state index >= 15 is 0 Å². The molecule has 0 rings (SSSR count). The van der Waals surface area contributed by atoms with Crippen molar-refractivity contribution in [3.63, 3.8) is 0 Å². The number of nitrogens with two attached hydrogens (primary N) is 4. The molecule has 13 nitrogen and oxygen atoms in total. The van der Waals surface area contributed by atoms with Crippen molar-refractivity contribution >= 4 is 17.7 Å². The molecule has 0 aromatic rings. The van der Waals surface area contributed by atoms with E-state index in [9.17, 15) is 14.4 Å². The molecule has 0 aliphatic heterocycles. The van der Waals surface area contributed by atoms with Gasteiger partial charge >= 0.3 is 0 Å². The summed E-state index contributed by atoms with van der Waals surface area (Å²) in [4.78, 5) is 41.5. The predicted octanol–water partition coefficient (Wildman–Crippen LogP) is -0.169. The Balaban J connectivity index is 4.62. The largest absolute Gasteiger partial charge is 0.353 e. The molecule has 0 heterocycles. The van der Waals surface area contributed by atoms with Gasteiger partial charge in [0.25, 0.3) is 0 Å². The zero-order valence-corrected chi connectivity index (χ0v) is 21.0. The molecule has 0 spiro atoms. The highest BCUT2D eigenvalue weighted by atomic mass is 16.2. The standard InChI is InChI=1S/C22H46N10O3/c23-11-5-3-8-18(25)21(34)28-14-16-32(20(33)10-2-1-7-13-30-31-27)17-15-29-22(35)19(26)9-4-6-12-24/h18-19H,1-17,23-26H2,(H,28,34)(H,29,35). The van der Waals surface area contributed by atoms with Crippen LogP contribution in [0.1, 0.15) is 64.2 Å². The van der Waals surface area contributed by atoms with Gasteiger partial charge in [-0.1, -0.05) is 24.4 Å². The number of azide groups is 1. The molecule has 0 saturated heterocycles. The number of unbranched alkanes of at least 4 members (excludes halogenated alkanes) is 4. The van der Waals surface area contributed by atoms with Gasteiger partial charge in [0.2, 0.25) is 17.7 Å². The Morgan fingerprint density at radius 1 is 0.800 bits per heavy atom. The zero-order valence-electron chi connectivity index (χ0n) is 21.0. The summed E-state index contributed by atoms with van der Waals surface area (Å²) in [6.45, 7) is 2.66. The lowest BCUT2D eigenvalue weighted by molar-refractivity contribution is -0.132. The van der Waals surface area contributed by atoms with Crippen LogP contribution in [0.5, 0.6) is 0 Å². The van der Waals surface area contributed by atoms with E-state index in [1.807, 2.05) is 0 Å². The molecule has 0 aliphatic carbocycles. The van der Waals surface area contributed by atoms with Crippen molar-refractivity contribution in [2.75, 3.05) is 45.8 Å². The third-order valence-corrected chi connectivity index (χ3v) is 5.54. The monoisotopic (exact) mass is 498 g/mol. The molecule has 202 valence electrons. The predicted molar refractivity (Wildman–Crippen MR) is 137 cm³/mol. The third kappa shape index (κ3) is 17.6. The minimum absolute atomic E-state index is 0.0724. The lowest BCUT2D eigenvalue weighted by Crippen LogP contribution is -2.47. The number of nitrogens with zero attached hydrogens (tertiary/aromatic N) is 4. The van der Waals surface area contributed by atoms with Gasteiger partial charge in [-0.15, -0.1) is 0 Å². The Kier molecular flexibility index (Phi) is 20.5. The lowest BCUT2D eigenvalue weighted by Gasteiger charge is -2.24. The summed E-state index contributed by atoms with van der Waals surface area (Å²) >= 11 is 0. The first kappa shape index (κ1) is 32.6. The highest BCUT2D eigenvalue weighted by molar-refractivity contribution is 5.82. The fraction of sp³-hybridized carbons (Fsp3) is 0.864. The van der Waals surface area contributed by atoms with Crippen LogP contribution in [0, 0.1) is 0 Å². The van der Waals surface area contributed by atoms with Crippen molar-refractivity contribution in [3.05, 3.63) is 10.4 Å². The maximum Gasteiger partial charge on any atom is 0.236 e. The highest BCUT2D eigenvalue weighted by Gasteiger charge is 2.17. The molecule has 0 radical (unpaired) electrons. The normalized spacial score (nSPS) is 12.3. The fourth-order valence-corrected chi connectivity index (χ4v) is 3.37. The van der Waals surface area contributed by atoms with Gasteiger partial charge in [-0.3, -0.25) is 14.4 Å². The molecule has 0 saturated carbocycles. The Hall–Kier alpha value is -2.44. The van der Waals surface area contributed by atoms with E-state index in [1.165, 1.54) is 0 Å². The minimum Gasteiger partial charge on any atom is -0.353 e. The van der Waals surface area contributed by atoms with Gasteiger partial charge in [-0.2, -0.15) is 0 Å².